The van der Waals surface area contributed by atoms with Crippen LogP contribution < -0.4 is 5.32 Å². The van der Waals surface area contributed by atoms with Crippen molar-refractivity contribution in [2.24, 2.45) is 0 Å². The van der Waals surface area contributed by atoms with E-state index in [2.05, 4.69) is 5.32 Å². The summed E-state index contributed by atoms with van der Waals surface area (Å²) in [6.45, 7) is 1.08. The number of hydrogen-bond donors (Lipinski definition) is 4. The van der Waals surface area contributed by atoms with Crippen LogP contribution >= 0.6 is 12.4 Å². The minimum absolute atomic E-state index is 0. The summed E-state index contributed by atoms with van der Waals surface area (Å²) in [5.41, 5.74) is -0.628. The van der Waals surface area contributed by atoms with Gasteiger partial charge in [-0.05, 0) is 0 Å². The molecule has 1 saturated heterocycles. The van der Waals surface area contributed by atoms with Gasteiger partial charge in [-0.2, -0.15) is 13.2 Å². The Kier molecular flexibility index (Phi) is 5.54. The number of aromatic hydroxyl groups is 3. The van der Waals surface area contributed by atoms with Gasteiger partial charge in [-0.15, -0.1) is 12.4 Å². The number of alkyl halides is 3. The fraction of sp³-hybridized carbons (Fsp3) is 0.500. The standard InChI is InChI=1S/C12H15F3N2O3.ClH/c13-12(14,15)11(17-3-1-16-2-4-17)10-8(19)5-7(18)6-9(10)20;/h5-6,11,16,18-20H,1-4H2;1H/t11-;/m0./s1. The highest BCUT2D eigenvalue weighted by Gasteiger charge is 2.47. The second-order valence-corrected chi connectivity index (χ2v) is 4.63. The van der Waals surface area contributed by atoms with Gasteiger partial charge in [-0.1, -0.05) is 0 Å². The number of piperazine rings is 1. The minimum atomic E-state index is -4.65. The highest BCUT2D eigenvalue weighted by atomic mass is 35.5. The van der Waals surface area contributed by atoms with Gasteiger partial charge >= 0.3 is 6.18 Å². The molecule has 1 aromatic carbocycles. The van der Waals surface area contributed by atoms with Crippen LogP contribution in [0.5, 0.6) is 17.2 Å². The Morgan fingerprint density at radius 3 is 1.95 bits per heavy atom. The monoisotopic (exact) mass is 328 g/mol. The van der Waals surface area contributed by atoms with Crippen LogP contribution in [0.4, 0.5) is 13.2 Å². The van der Waals surface area contributed by atoms with Crippen molar-refractivity contribution in [3.63, 3.8) is 0 Å². The molecular formula is C12H16ClF3N2O3. The summed E-state index contributed by atoms with van der Waals surface area (Å²) in [5.74, 6) is -2.04. The van der Waals surface area contributed by atoms with Crippen LogP contribution in [0.3, 0.4) is 0 Å². The first-order valence-electron chi connectivity index (χ1n) is 6.07. The van der Waals surface area contributed by atoms with Gasteiger partial charge in [0.1, 0.15) is 23.3 Å². The number of benzene rings is 1. The van der Waals surface area contributed by atoms with Crippen molar-refractivity contribution in [1.82, 2.24) is 10.2 Å². The van der Waals surface area contributed by atoms with Gasteiger partial charge in [0, 0.05) is 38.3 Å². The summed E-state index contributed by atoms with van der Waals surface area (Å²) in [4.78, 5) is 1.14. The van der Waals surface area contributed by atoms with Gasteiger partial charge in [0.25, 0.3) is 0 Å². The molecule has 0 unspecified atom stereocenters. The second-order valence-electron chi connectivity index (χ2n) is 4.63. The smallest absolute Gasteiger partial charge is 0.408 e. The van der Waals surface area contributed by atoms with E-state index in [4.69, 9.17) is 0 Å². The van der Waals surface area contributed by atoms with Crippen molar-refractivity contribution < 1.29 is 28.5 Å². The lowest BCUT2D eigenvalue weighted by Crippen LogP contribution is -2.49. The fourth-order valence-corrected chi connectivity index (χ4v) is 2.38. The number of nitrogens with zero attached hydrogens (tertiary/aromatic N) is 1. The first-order valence-corrected chi connectivity index (χ1v) is 6.07. The largest absolute Gasteiger partial charge is 0.508 e. The molecule has 0 bridgehead atoms. The van der Waals surface area contributed by atoms with Crippen molar-refractivity contribution in [3.8, 4) is 17.2 Å². The van der Waals surface area contributed by atoms with Crippen molar-refractivity contribution in [2.75, 3.05) is 26.2 Å². The van der Waals surface area contributed by atoms with E-state index in [1.807, 2.05) is 0 Å². The Morgan fingerprint density at radius 2 is 1.52 bits per heavy atom. The second kappa shape index (κ2) is 6.59. The maximum absolute atomic E-state index is 13.3. The van der Waals surface area contributed by atoms with E-state index in [1.54, 1.807) is 0 Å². The zero-order chi connectivity index (χ0) is 14.9. The molecule has 1 atom stereocenters. The van der Waals surface area contributed by atoms with E-state index in [9.17, 15) is 28.5 Å². The molecule has 0 aromatic heterocycles. The Balaban J connectivity index is 0.00000220. The van der Waals surface area contributed by atoms with Crippen LogP contribution in [0.2, 0.25) is 0 Å². The van der Waals surface area contributed by atoms with Gasteiger partial charge in [-0.3, -0.25) is 4.90 Å². The summed E-state index contributed by atoms with van der Waals surface area (Å²) in [7, 11) is 0. The Morgan fingerprint density at radius 1 is 1.05 bits per heavy atom. The molecule has 0 spiro atoms. The lowest BCUT2D eigenvalue weighted by Gasteiger charge is -2.36. The highest BCUT2D eigenvalue weighted by molar-refractivity contribution is 5.85. The van der Waals surface area contributed by atoms with Crippen LogP contribution in [-0.2, 0) is 0 Å². The first kappa shape index (κ1) is 17.7. The summed E-state index contributed by atoms with van der Waals surface area (Å²) < 4.78 is 39.9. The van der Waals surface area contributed by atoms with E-state index >= 15 is 0 Å². The molecule has 0 aliphatic carbocycles. The summed E-state index contributed by atoms with van der Waals surface area (Å²) >= 11 is 0. The zero-order valence-corrected chi connectivity index (χ0v) is 11.7. The number of halogens is 4. The van der Waals surface area contributed by atoms with Crippen LogP contribution in [0.15, 0.2) is 12.1 Å². The quantitative estimate of drug-likeness (QED) is 0.665. The van der Waals surface area contributed by atoms with Gasteiger partial charge in [0.05, 0.1) is 5.56 Å². The number of rotatable bonds is 2. The lowest BCUT2D eigenvalue weighted by atomic mass is 10.0. The number of nitrogens with one attached hydrogen (secondary N) is 1. The maximum atomic E-state index is 13.3. The molecule has 120 valence electrons. The number of phenolic OH excluding ortho intramolecular Hbond substituents is 3. The Hall–Kier alpha value is -1.38. The van der Waals surface area contributed by atoms with Crippen molar-refractivity contribution in [1.29, 1.82) is 0 Å². The van der Waals surface area contributed by atoms with Crippen molar-refractivity contribution in [3.05, 3.63) is 17.7 Å². The SMILES string of the molecule is Cl.Oc1cc(O)c([C@H](N2CCNCC2)C(F)(F)F)c(O)c1. The maximum Gasteiger partial charge on any atom is 0.408 e. The van der Waals surface area contributed by atoms with Crippen molar-refractivity contribution in [2.45, 2.75) is 12.2 Å². The Bertz CT molecular complexity index is 470. The molecular weight excluding hydrogens is 313 g/mol. The molecule has 0 amide bonds. The molecule has 5 nitrogen and oxygen atoms in total. The van der Waals surface area contributed by atoms with Gasteiger partial charge in [0.15, 0.2) is 0 Å². The van der Waals surface area contributed by atoms with E-state index < -0.39 is 35.0 Å². The van der Waals surface area contributed by atoms with Gasteiger partial charge in [0.2, 0.25) is 0 Å². The molecule has 1 aromatic rings. The topological polar surface area (TPSA) is 76.0 Å². The van der Waals surface area contributed by atoms with Crippen LogP contribution in [0.25, 0.3) is 0 Å². The fourth-order valence-electron chi connectivity index (χ4n) is 2.38. The molecule has 1 heterocycles. The number of phenols is 3. The van der Waals surface area contributed by atoms with Crippen molar-refractivity contribution >= 4 is 12.4 Å². The summed E-state index contributed by atoms with van der Waals surface area (Å²) in [5, 5.41) is 31.5. The zero-order valence-electron chi connectivity index (χ0n) is 10.9. The minimum Gasteiger partial charge on any atom is -0.508 e. The molecule has 21 heavy (non-hydrogen) atoms. The third-order valence-electron chi connectivity index (χ3n) is 3.22. The summed E-state index contributed by atoms with van der Waals surface area (Å²) in [6.07, 6.45) is -4.65. The molecule has 0 radical (unpaired) electrons. The lowest BCUT2D eigenvalue weighted by molar-refractivity contribution is -0.188. The van der Waals surface area contributed by atoms with Gasteiger partial charge < -0.3 is 20.6 Å². The predicted molar refractivity (Wildman–Crippen MR) is 71.9 cm³/mol. The number of hydrogen-bond acceptors (Lipinski definition) is 5. The molecule has 1 fully saturated rings. The third kappa shape index (κ3) is 3.84. The molecule has 4 N–H and O–H groups in total. The Labute approximate surface area is 125 Å². The van der Waals surface area contributed by atoms with E-state index in [0.717, 1.165) is 17.0 Å². The molecule has 2 rings (SSSR count). The molecule has 1 aliphatic heterocycles. The van der Waals surface area contributed by atoms with Crippen LogP contribution in [0.1, 0.15) is 11.6 Å². The average molecular weight is 329 g/mol. The molecule has 0 saturated carbocycles. The third-order valence-corrected chi connectivity index (χ3v) is 3.22. The van der Waals surface area contributed by atoms with Crippen LogP contribution in [-0.4, -0.2) is 52.6 Å². The predicted octanol–water partition coefficient (Wildman–Crippen LogP) is 1.73. The molecule has 9 heteroatoms. The summed E-state index contributed by atoms with van der Waals surface area (Å²) in [6, 6.07) is -0.531. The van der Waals surface area contributed by atoms with Crippen LogP contribution in [0, 0.1) is 0 Å². The van der Waals surface area contributed by atoms with E-state index in [0.29, 0.717) is 13.1 Å². The van der Waals surface area contributed by atoms with E-state index in [-0.39, 0.29) is 25.5 Å². The highest BCUT2D eigenvalue weighted by Crippen LogP contribution is 2.46. The molecule has 1 aliphatic rings. The van der Waals surface area contributed by atoms with E-state index in [1.165, 1.54) is 0 Å². The van der Waals surface area contributed by atoms with Gasteiger partial charge in [-0.25, -0.2) is 0 Å². The average Bonchev–Trinajstić information content (AvgIpc) is 2.33. The normalized spacial score (nSPS) is 18.0. The first-order chi connectivity index (χ1) is 9.30.